The molecule has 0 saturated heterocycles. The number of anilines is 1. The van der Waals surface area contributed by atoms with Gasteiger partial charge in [-0.05, 0) is 43.5 Å². The summed E-state index contributed by atoms with van der Waals surface area (Å²) in [7, 11) is 0. The summed E-state index contributed by atoms with van der Waals surface area (Å²) in [6.07, 6.45) is 2.13. The van der Waals surface area contributed by atoms with Crippen LogP contribution >= 0.6 is 0 Å². The van der Waals surface area contributed by atoms with Crippen LogP contribution in [0, 0.1) is 6.92 Å². The number of rotatable bonds is 6. The van der Waals surface area contributed by atoms with E-state index in [0.29, 0.717) is 0 Å². The van der Waals surface area contributed by atoms with Crippen LogP contribution in [0.5, 0.6) is 0 Å². The van der Waals surface area contributed by atoms with E-state index in [4.69, 9.17) is 10.8 Å². The maximum Gasteiger partial charge on any atom is 0.0682 e. The predicted molar refractivity (Wildman–Crippen MR) is 63.9 cm³/mol. The van der Waals surface area contributed by atoms with Crippen LogP contribution in [0.15, 0.2) is 18.2 Å². The number of hydrogen-bond donors (Lipinski definition) is 3. The summed E-state index contributed by atoms with van der Waals surface area (Å²) in [6, 6.07) is 5.97. The van der Waals surface area contributed by atoms with Gasteiger partial charge in [-0.25, -0.2) is 0 Å². The van der Waals surface area contributed by atoms with Gasteiger partial charge in [0.05, 0.1) is 6.61 Å². The number of unbranched alkanes of at least 4 members (excludes halogenated alkanes) is 1. The van der Waals surface area contributed by atoms with Gasteiger partial charge >= 0.3 is 0 Å². The van der Waals surface area contributed by atoms with Crippen LogP contribution in [0.3, 0.4) is 0 Å². The number of benzene rings is 1. The van der Waals surface area contributed by atoms with Gasteiger partial charge in [-0.2, -0.15) is 0 Å². The molecule has 3 nitrogen and oxygen atoms in total. The Balaban J connectivity index is 2.51. The molecule has 0 fully saturated rings. The van der Waals surface area contributed by atoms with Crippen molar-refractivity contribution in [3.63, 3.8) is 0 Å². The quantitative estimate of drug-likeness (QED) is 0.623. The third-order valence-electron chi connectivity index (χ3n) is 2.43. The Labute approximate surface area is 91.3 Å². The molecule has 15 heavy (non-hydrogen) atoms. The van der Waals surface area contributed by atoms with Gasteiger partial charge in [0.25, 0.3) is 0 Å². The van der Waals surface area contributed by atoms with Crippen molar-refractivity contribution in [3.05, 3.63) is 29.3 Å². The van der Waals surface area contributed by atoms with Crippen molar-refractivity contribution >= 4 is 5.69 Å². The molecule has 1 aromatic rings. The first-order valence-electron chi connectivity index (χ1n) is 5.42. The molecule has 84 valence electrons. The SMILES string of the molecule is Cc1ccc(CO)cc1NCCCCN. The second-order valence-electron chi connectivity index (χ2n) is 3.73. The van der Waals surface area contributed by atoms with Crippen LogP contribution in [-0.2, 0) is 6.61 Å². The summed E-state index contributed by atoms with van der Waals surface area (Å²) in [5.74, 6) is 0. The zero-order valence-electron chi connectivity index (χ0n) is 9.29. The highest BCUT2D eigenvalue weighted by molar-refractivity contribution is 5.52. The van der Waals surface area contributed by atoms with Crippen molar-refractivity contribution in [1.29, 1.82) is 0 Å². The van der Waals surface area contributed by atoms with E-state index in [9.17, 15) is 0 Å². The van der Waals surface area contributed by atoms with Crippen LogP contribution in [0.2, 0.25) is 0 Å². The standard InChI is InChI=1S/C12H20N2O/c1-10-4-5-11(9-15)8-12(10)14-7-3-2-6-13/h4-5,8,14-15H,2-3,6-7,9,13H2,1H3. The molecular formula is C12H20N2O. The molecule has 4 N–H and O–H groups in total. The molecular weight excluding hydrogens is 188 g/mol. The molecule has 0 aliphatic heterocycles. The van der Waals surface area contributed by atoms with E-state index in [0.717, 1.165) is 37.2 Å². The highest BCUT2D eigenvalue weighted by atomic mass is 16.3. The summed E-state index contributed by atoms with van der Waals surface area (Å²) in [5, 5.41) is 12.4. The van der Waals surface area contributed by atoms with Crippen molar-refractivity contribution in [2.24, 2.45) is 5.73 Å². The monoisotopic (exact) mass is 208 g/mol. The molecule has 1 aromatic carbocycles. The maximum atomic E-state index is 9.02. The van der Waals surface area contributed by atoms with Crippen LogP contribution in [0.25, 0.3) is 0 Å². The minimum atomic E-state index is 0.0950. The van der Waals surface area contributed by atoms with Gasteiger partial charge in [-0.1, -0.05) is 12.1 Å². The summed E-state index contributed by atoms with van der Waals surface area (Å²) in [5.41, 5.74) is 8.69. The van der Waals surface area contributed by atoms with Crippen molar-refractivity contribution < 1.29 is 5.11 Å². The molecule has 0 bridgehead atoms. The van der Waals surface area contributed by atoms with Crippen molar-refractivity contribution in [2.75, 3.05) is 18.4 Å². The van der Waals surface area contributed by atoms with Crippen LogP contribution in [-0.4, -0.2) is 18.2 Å². The second kappa shape index (κ2) is 6.43. The van der Waals surface area contributed by atoms with E-state index in [2.05, 4.69) is 12.2 Å². The first kappa shape index (κ1) is 12.0. The van der Waals surface area contributed by atoms with E-state index in [1.54, 1.807) is 0 Å². The lowest BCUT2D eigenvalue weighted by Crippen LogP contribution is -2.06. The molecule has 0 spiro atoms. The Morgan fingerprint density at radius 2 is 2.13 bits per heavy atom. The third kappa shape index (κ3) is 3.90. The lowest BCUT2D eigenvalue weighted by molar-refractivity contribution is 0.282. The van der Waals surface area contributed by atoms with Crippen LogP contribution < -0.4 is 11.1 Å². The van der Waals surface area contributed by atoms with E-state index in [1.165, 1.54) is 5.56 Å². The lowest BCUT2D eigenvalue weighted by atomic mass is 10.1. The minimum Gasteiger partial charge on any atom is -0.392 e. The fourth-order valence-corrected chi connectivity index (χ4v) is 1.45. The zero-order chi connectivity index (χ0) is 11.1. The lowest BCUT2D eigenvalue weighted by Gasteiger charge is -2.10. The maximum absolute atomic E-state index is 9.02. The smallest absolute Gasteiger partial charge is 0.0682 e. The molecule has 0 aliphatic carbocycles. The average Bonchev–Trinajstić information content (AvgIpc) is 2.26. The van der Waals surface area contributed by atoms with E-state index < -0.39 is 0 Å². The van der Waals surface area contributed by atoms with Crippen molar-refractivity contribution in [3.8, 4) is 0 Å². The molecule has 0 aliphatic rings. The van der Waals surface area contributed by atoms with Crippen LogP contribution in [0.4, 0.5) is 5.69 Å². The zero-order valence-corrected chi connectivity index (χ0v) is 9.29. The average molecular weight is 208 g/mol. The largest absolute Gasteiger partial charge is 0.392 e. The first-order valence-corrected chi connectivity index (χ1v) is 5.42. The number of hydrogen-bond acceptors (Lipinski definition) is 3. The number of aliphatic hydroxyl groups is 1. The van der Waals surface area contributed by atoms with E-state index >= 15 is 0 Å². The van der Waals surface area contributed by atoms with E-state index in [1.807, 2.05) is 18.2 Å². The van der Waals surface area contributed by atoms with Gasteiger partial charge in [0.2, 0.25) is 0 Å². The Bertz CT molecular complexity index is 300. The minimum absolute atomic E-state index is 0.0950. The van der Waals surface area contributed by atoms with Gasteiger partial charge in [0.15, 0.2) is 0 Å². The topological polar surface area (TPSA) is 58.3 Å². The molecule has 0 atom stereocenters. The van der Waals surface area contributed by atoms with Crippen molar-refractivity contribution in [1.82, 2.24) is 0 Å². The van der Waals surface area contributed by atoms with Gasteiger partial charge in [-0.3, -0.25) is 0 Å². The number of aryl methyl sites for hydroxylation is 1. The number of nitrogens with two attached hydrogens (primary N) is 1. The summed E-state index contributed by atoms with van der Waals surface area (Å²) in [6.45, 7) is 3.84. The molecule has 0 saturated carbocycles. The Morgan fingerprint density at radius 1 is 1.33 bits per heavy atom. The van der Waals surface area contributed by atoms with Crippen molar-refractivity contribution in [2.45, 2.75) is 26.4 Å². The van der Waals surface area contributed by atoms with Crippen LogP contribution in [0.1, 0.15) is 24.0 Å². The van der Waals surface area contributed by atoms with Gasteiger partial charge in [0.1, 0.15) is 0 Å². The summed E-state index contributed by atoms with van der Waals surface area (Å²) >= 11 is 0. The molecule has 0 heterocycles. The van der Waals surface area contributed by atoms with Gasteiger partial charge in [-0.15, -0.1) is 0 Å². The number of aliphatic hydroxyl groups excluding tert-OH is 1. The highest BCUT2D eigenvalue weighted by Gasteiger charge is 1.98. The van der Waals surface area contributed by atoms with Gasteiger partial charge < -0.3 is 16.2 Å². The summed E-state index contributed by atoms with van der Waals surface area (Å²) < 4.78 is 0. The molecule has 0 aromatic heterocycles. The summed E-state index contributed by atoms with van der Waals surface area (Å²) in [4.78, 5) is 0. The third-order valence-corrected chi connectivity index (χ3v) is 2.43. The molecule has 0 unspecified atom stereocenters. The fourth-order valence-electron chi connectivity index (χ4n) is 1.45. The van der Waals surface area contributed by atoms with E-state index in [-0.39, 0.29) is 6.61 Å². The molecule has 0 radical (unpaired) electrons. The van der Waals surface area contributed by atoms with Gasteiger partial charge in [0, 0.05) is 12.2 Å². The fraction of sp³-hybridized carbons (Fsp3) is 0.500. The normalized spacial score (nSPS) is 10.3. The molecule has 0 amide bonds. The number of nitrogens with one attached hydrogen (secondary N) is 1. The first-order chi connectivity index (χ1) is 7.27. The predicted octanol–water partition coefficient (Wildman–Crippen LogP) is 1.64. The highest BCUT2D eigenvalue weighted by Crippen LogP contribution is 2.16. The molecule has 3 heteroatoms. The Morgan fingerprint density at radius 3 is 2.80 bits per heavy atom. The molecule has 1 rings (SSSR count). The Hall–Kier alpha value is -1.06. The Kier molecular flexibility index (Phi) is 5.15. The second-order valence-corrected chi connectivity index (χ2v) is 3.73.